The molecule has 1 N–H and O–H groups in total. The van der Waals surface area contributed by atoms with Gasteiger partial charge >= 0.3 is 5.97 Å². The zero-order chi connectivity index (χ0) is 13.8. The minimum atomic E-state index is -1.36. The van der Waals surface area contributed by atoms with Gasteiger partial charge in [-0.1, -0.05) is 44.6 Å². The lowest BCUT2D eigenvalue weighted by Gasteiger charge is -2.09. The second kappa shape index (κ2) is 5.88. The van der Waals surface area contributed by atoms with E-state index in [9.17, 15) is 4.79 Å². The number of hydrogen-bond donors (Lipinski definition) is 1. The maximum atomic E-state index is 11.1. The Bertz CT molecular complexity index is 472. The van der Waals surface area contributed by atoms with Crippen molar-refractivity contribution in [1.82, 2.24) is 0 Å². The van der Waals surface area contributed by atoms with E-state index in [0.717, 1.165) is 11.1 Å². The minimum absolute atomic E-state index is 0.413. The van der Waals surface area contributed by atoms with E-state index in [4.69, 9.17) is 5.11 Å². The number of carboxylic acids is 1. The molecule has 1 atom stereocenters. The maximum absolute atomic E-state index is 11.1. The molecule has 0 saturated carbocycles. The summed E-state index contributed by atoms with van der Waals surface area (Å²) in [7, 11) is -1.36. The van der Waals surface area contributed by atoms with Crippen LogP contribution >= 0.6 is 0 Å². The Kier molecular flexibility index (Phi) is 4.74. The van der Waals surface area contributed by atoms with Gasteiger partial charge in [0.2, 0.25) is 0 Å². The second-order valence-corrected chi connectivity index (χ2v) is 10.2. The molecule has 1 aromatic rings. The van der Waals surface area contributed by atoms with Crippen molar-refractivity contribution in [1.29, 1.82) is 0 Å². The lowest BCUT2D eigenvalue weighted by Crippen LogP contribution is -2.16. The summed E-state index contributed by atoms with van der Waals surface area (Å²) in [5.41, 5.74) is 5.11. The molecular formula is C15H20O2Si. The largest absolute Gasteiger partial charge is 0.481 e. The molecule has 0 spiro atoms. The van der Waals surface area contributed by atoms with Gasteiger partial charge in [0, 0.05) is 5.56 Å². The Morgan fingerprint density at radius 2 is 1.83 bits per heavy atom. The fourth-order valence-electron chi connectivity index (χ4n) is 1.61. The summed E-state index contributed by atoms with van der Waals surface area (Å²) in [6.07, 6.45) is 0.606. The third-order valence-electron chi connectivity index (χ3n) is 2.60. The van der Waals surface area contributed by atoms with Gasteiger partial charge in [0.25, 0.3) is 0 Å². The van der Waals surface area contributed by atoms with Crippen LogP contribution in [0, 0.1) is 11.5 Å². The van der Waals surface area contributed by atoms with Crippen molar-refractivity contribution in [3.8, 4) is 11.5 Å². The number of benzene rings is 1. The van der Waals surface area contributed by atoms with Gasteiger partial charge in [0.05, 0.1) is 5.92 Å². The fourth-order valence-corrected chi connectivity index (χ4v) is 2.13. The van der Waals surface area contributed by atoms with E-state index >= 15 is 0 Å². The molecule has 18 heavy (non-hydrogen) atoms. The van der Waals surface area contributed by atoms with Crippen molar-refractivity contribution >= 4 is 14.0 Å². The third kappa shape index (κ3) is 4.38. The summed E-state index contributed by atoms with van der Waals surface area (Å²) in [5, 5.41) is 9.08. The van der Waals surface area contributed by atoms with Crippen LogP contribution in [0.4, 0.5) is 0 Å². The maximum Gasteiger partial charge on any atom is 0.310 e. The Morgan fingerprint density at radius 1 is 1.28 bits per heavy atom. The quantitative estimate of drug-likeness (QED) is 0.667. The number of carbonyl (C=O) groups is 1. The molecule has 0 radical (unpaired) electrons. The van der Waals surface area contributed by atoms with Gasteiger partial charge in [-0.15, -0.1) is 5.54 Å². The molecule has 0 aromatic heterocycles. The fraction of sp³-hybridized carbons (Fsp3) is 0.400. The van der Waals surface area contributed by atoms with Crippen LogP contribution in [0.3, 0.4) is 0 Å². The van der Waals surface area contributed by atoms with E-state index in [-0.39, 0.29) is 0 Å². The van der Waals surface area contributed by atoms with Crippen LogP contribution < -0.4 is 0 Å². The number of hydrogen-bond acceptors (Lipinski definition) is 1. The van der Waals surface area contributed by atoms with Crippen LogP contribution in [-0.4, -0.2) is 19.1 Å². The Morgan fingerprint density at radius 3 is 2.22 bits per heavy atom. The highest BCUT2D eigenvalue weighted by molar-refractivity contribution is 6.83. The third-order valence-corrected chi connectivity index (χ3v) is 3.48. The van der Waals surface area contributed by atoms with Crippen LogP contribution in [0.5, 0.6) is 0 Å². The summed E-state index contributed by atoms with van der Waals surface area (Å²) in [5.74, 6) is 1.98. The minimum Gasteiger partial charge on any atom is -0.481 e. The molecule has 0 heterocycles. The highest BCUT2D eigenvalue weighted by Gasteiger charge is 2.16. The number of rotatable bonds is 3. The van der Waals surface area contributed by atoms with Crippen molar-refractivity contribution in [3.05, 3.63) is 35.4 Å². The van der Waals surface area contributed by atoms with Gasteiger partial charge in [0.15, 0.2) is 0 Å². The second-order valence-electron chi connectivity index (χ2n) is 5.42. The molecule has 1 aromatic carbocycles. The molecule has 0 aliphatic carbocycles. The van der Waals surface area contributed by atoms with Gasteiger partial charge in [-0.25, -0.2) is 0 Å². The van der Waals surface area contributed by atoms with Gasteiger partial charge in [-0.2, -0.15) is 0 Å². The molecule has 1 rings (SSSR count). The number of aliphatic carboxylic acids is 1. The molecule has 0 amide bonds. The van der Waals surface area contributed by atoms with Crippen molar-refractivity contribution < 1.29 is 9.90 Å². The van der Waals surface area contributed by atoms with Gasteiger partial charge in [-0.05, 0) is 24.1 Å². The summed E-state index contributed by atoms with van der Waals surface area (Å²) in [4.78, 5) is 11.1. The smallest absolute Gasteiger partial charge is 0.310 e. The van der Waals surface area contributed by atoms with E-state index in [0.29, 0.717) is 6.42 Å². The normalized spacial score (nSPS) is 12.4. The highest BCUT2D eigenvalue weighted by Crippen LogP contribution is 2.20. The summed E-state index contributed by atoms with van der Waals surface area (Å²) in [6, 6.07) is 7.56. The Balaban J connectivity index is 2.92. The lowest BCUT2D eigenvalue weighted by molar-refractivity contribution is -0.138. The first-order chi connectivity index (χ1) is 8.33. The molecule has 0 saturated heterocycles. The van der Waals surface area contributed by atoms with Gasteiger partial charge < -0.3 is 5.11 Å². The van der Waals surface area contributed by atoms with E-state index in [1.807, 2.05) is 31.2 Å². The monoisotopic (exact) mass is 260 g/mol. The molecule has 3 heteroatoms. The van der Waals surface area contributed by atoms with E-state index in [1.165, 1.54) is 0 Å². The van der Waals surface area contributed by atoms with E-state index in [1.54, 1.807) is 0 Å². The SMILES string of the molecule is CCC(C(=O)O)c1ccc(C#C[Si](C)(C)C)cc1. The summed E-state index contributed by atoms with van der Waals surface area (Å²) >= 11 is 0. The summed E-state index contributed by atoms with van der Waals surface area (Å²) < 4.78 is 0. The average Bonchev–Trinajstić information content (AvgIpc) is 2.27. The molecular weight excluding hydrogens is 240 g/mol. The van der Waals surface area contributed by atoms with Crippen LogP contribution in [0.2, 0.25) is 19.6 Å². The Hall–Kier alpha value is -1.53. The van der Waals surface area contributed by atoms with Crippen molar-refractivity contribution in [3.63, 3.8) is 0 Å². The van der Waals surface area contributed by atoms with Crippen LogP contribution in [0.25, 0.3) is 0 Å². The predicted molar refractivity (Wildman–Crippen MR) is 77.3 cm³/mol. The first kappa shape index (κ1) is 14.5. The molecule has 96 valence electrons. The van der Waals surface area contributed by atoms with E-state index < -0.39 is 20.0 Å². The molecule has 0 aliphatic heterocycles. The summed E-state index contributed by atoms with van der Waals surface area (Å²) in [6.45, 7) is 8.49. The Labute approximate surface area is 110 Å². The molecule has 0 fully saturated rings. The first-order valence-electron chi connectivity index (χ1n) is 6.19. The van der Waals surface area contributed by atoms with Crippen LogP contribution in [0.15, 0.2) is 24.3 Å². The van der Waals surface area contributed by atoms with Gasteiger partial charge in [0.1, 0.15) is 8.07 Å². The lowest BCUT2D eigenvalue weighted by atomic mass is 9.96. The molecule has 0 bridgehead atoms. The average molecular weight is 260 g/mol. The first-order valence-corrected chi connectivity index (χ1v) is 9.69. The molecule has 0 aliphatic rings. The van der Waals surface area contributed by atoms with Crippen molar-refractivity contribution in [2.75, 3.05) is 0 Å². The predicted octanol–water partition coefficient (Wildman–Crippen LogP) is 3.49. The highest BCUT2D eigenvalue weighted by atomic mass is 28.3. The van der Waals surface area contributed by atoms with Gasteiger partial charge in [-0.3, -0.25) is 4.79 Å². The van der Waals surface area contributed by atoms with E-state index in [2.05, 4.69) is 31.1 Å². The van der Waals surface area contributed by atoms with Crippen LogP contribution in [0.1, 0.15) is 30.4 Å². The number of carboxylic acid groups (broad SMARTS) is 1. The molecule has 1 unspecified atom stereocenters. The standard InChI is InChI=1S/C15H20O2Si/c1-5-14(15(16)17)13-8-6-12(7-9-13)10-11-18(2,3)4/h6-9,14H,5H2,1-4H3,(H,16,17). The van der Waals surface area contributed by atoms with Crippen molar-refractivity contribution in [2.45, 2.75) is 38.9 Å². The van der Waals surface area contributed by atoms with Crippen molar-refractivity contribution in [2.24, 2.45) is 0 Å². The zero-order valence-corrected chi connectivity index (χ0v) is 12.4. The zero-order valence-electron chi connectivity index (χ0n) is 11.4. The van der Waals surface area contributed by atoms with Crippen LogP contribution in [-0.2, 0) is 4.79 Å². The topological polar surface area (TPSA) is 37.3 Å². The molecule has 2 nitrogen and oxygen atoms in total.